The third-order valence-corrected chi connectivity index (χ3v) is 4.88. The second kappa shape index (κ2) is 7.67. The van der Waals surface area contributed by atoms with Crippen molar-refractivity contribution in [2.75, 3.05) is 19.6 Å². The van der Waals surface area contributed by atoms with E-state index in [0.29, 0.717) is 12.0 Å². The van der Waals surface area contributed by atoms with E-state index in [1.807, 2.05) is 25.7 Å². The van der Waals surface area contributed by atoms with Gasteiger partial charge in [0.25, 0.3) is 0 Å². The number of rotatable bonds is 3. The molecule has 0 spiro atoms. The molecule has 0 unspecified atom stereocenters. The molecule has 4 nitrogen and oxygen atoms in total. The highest BCUT2D eigenvalue weighted by atomic mass is 16.6. The molecular weight excluding hydrogens is 276 g/mol. The van der Waals surface area contributed by atoms with Crippen LogP contribution in [0.5, 0.6) is 0 Å². The van der Waals surface area contributed by atoms with Crippen molar-refractivity contribution in [1.29, 1.82) is 0 Å². The second-order valence-electron chi connectivity index (χ2n) is 8.30. The van der Waals surface area contributed by atoms with Crippen LogP contribution in [-0.2, 0) is 4.74 Å². The lowest BCUT2D eigenvalue weighted by molar-refractivity contribution is 0.0164. The predicted molar refractivity (Wildman–Crippen MR) is 90.0 cm³/mol. The molecule has 4 heteroatoms. The molecule has 22 heavy (non-hydrogen) atoms. The smallest absolute Gasteiger partial charge is 0.410 e. The van der Waals surface area contributed by atoms with Crippen molar-refractivity contribution in [2.24, 2.45) is 11.8 Å². The Labute approximate surface area is 136 Å². The Kier molecular flexibility index (Phi) is 6.13. The molecule has 1 heterocycles. The van der Waals surface area contributed by atoms with E-state index in [1.54, 1.807) is 0 Å². The summed E-state index contributed by atoms with van der Waals surface area (Å²) in [5.74, 6) is 1.47. The van der Waals surface area contributed by atoms with E-state index >= 15 is 0 Å². The summed E-state index contributed by atoms with van der Waals surface area (Å²) in [4.78, 5) is 14.1. The molecular formula is C18H34N2O2. The van der Waals surface area contributed by atoms with E-state index in [2.05, 4.69) is 12.2 Å². The van der Waals surface area contributed by atoms with Crippen LogP contribution in [0.1, 0.15) is 66.2 Å². The summed E-state index contributed by atoms with van der Waals surface area (Å²) in [5.41, 5.74) is -0.402. The summed E-state index contributed by atoms with van der Waals surface area (Å²) in [5, 5.41) is 3.74. The molecule has 0 bridgehead atoms. The van der Waals surface area contributed by atoms with E-state index in [9.17, 15) is 4.79 Å². The minimum absolute atomic E-state index is 0.149. The zero-order valence-electron chi connectivity index (χ0n) is 14.9. The van der Waals surface area contributed by atoms with Crippen LogP contribution >= 0.6 is 0 Å². The molecule has 1 atom stereocenters. The standard InChI is InChI=1S/C18H34N2O2/c1-14-7-9-16(10-8-14)19-12-15-6-5-11-20(13-15)17(21)22-18(2,3)4/h14-16,19H,5-13H2,1-4H3/t14?,15-,16?/m0/s1. The van der Waals surface area contributed by atoms with Crippen LogP contribution in [-0.4, -0.2) is 42.3 Å². The first-order valence-electron chi connectivity index (χ1n) is 9.05. The maximum atomic E-state index is 12.2. The minimum atomic E-state index is -0.402. The van der Waals surface area contributed by atoms with E-state index < -0.39 is 5.60 Å². The van der Waals surface area contributed by atoms with Crippen LogP contribution in [0.15, 0.2) is 0 Å². The highest BCUT2D eigenvalue weighted by molar-refractivity contribution is 5.68. The van der Waals surface area contributed by atoms with Crippen molar-refractivity contribution in [3.8, 4) is 0 Å². The second-order valence-corrected chi connectivity index (χ2v) is 8.30. The lowest BCUT2D eigenvalue weighted by atomic mass is 9.87. The van der Waals surface area contributed by atoms with E-state index in [-0.39, 0.29) is 6.09 Å². The number of piperidine rings is 1. The normalized spacial score (nSPS) is 30.2. The first-order chi connectivity index (χ1) is 10.3. The maximum Gasteiger partial charge on any atom is 0.410 e. The van der Waals surface area contributed by atoms with Crippen LogP contribution in [0.3, 0.4) is 0 Å². The number of nitrogens with one attached hydrogen (secondary N) is 1. The average Bonchev–Trinajstić information content (AvgIpc) is 2.45. The maximum absolute atomic E-state index is 12.2. The van der Waals surface area contributed by atoms with Gasteiger partial charge in [0.2, 0.25) is 0 Å². The summed E-state index contributed by atoms with van der Waals surface area (Å²) < 4.78 is 5.50. The molecule has 128 valence electrons. The van der Waals surface area contributed by atoms with Crippen LogP contribution in [0, 0.1) is 11.8 Å². The number of hydrogen-bond acceptors (Lipinski definition) is 3. The van der Waals surface area contributed by atoms with Crippen molar-refractivity contribution in [2.45, 2.75) is 77.9 Å². The van der Waals surface area contributed by atoms with Crippen molar-refractivity contribution in [1.82, 2.24) is 10.2 Å². The Balaban J connectivity index is 1.72. The molecule has 0 aromatic heterocycles. The van der Waals surface area contributed by atoms with Gasteiger partial charge in [-0.3, -0.25) is 0 Å². The molecule has 1 amide bonds. The lowest BCUT2D eigenvalue weighted by Gasteiger charge is -2.35. The van der Waals surface area contributed by atoms with Crippen molar-refractivity contribution in [3.05, 3.63) is 0 Å². The molecule has 0 radical (unpaired) electrons. The quantitative estimate of drug-likeness (QED) is 0.862. The van der Waals surface area contributed by atoms with Gasteiger partial charge in [-0.15, -0.1) is 0 Å². The number of carbonyl (C=O) groups excluding carboxylic acids is 1. The van der Waals surface area contributed by atoms with Gasteiger partial charge >= 0.3 is 6.09 Å². The monoisotopic (exact) mass is 310 g/mol. The van der Waals surface area contributed by atoms with E-state index in [1.165, 1.54) is 32.1 Å². The number of likely N-dealkylation sites (tertiary alicyclic amines) is 1. The third-order valence-electron chi connectivity index (χ3n) is 4.88. The Hall–Kier alpha value is -0.770. The lowest BCUT2D eigenvalue weighted by Crippen LogP contribution is -2.46. The van der Waals surface area contributed by atoms with Crippen LogP contribution in [0.2, 0.25) is 0 Å². The molecule has 1 aliphatic heterocycles. The van der Waals surface area contributed by atoms with Gasteiger partial charge in [0, 0.05) is 19.1 Å². The minimum Gasteiger partial charge on any atom is -0.444 e. The van der Waals surface area contributed by atoms with Gasteiger partial charge in [0.05, 0.1) is 0 Å². The summed E-state index contributed by atoms with van der Waals surface area (Å²) >= 11 is 0. The Morgan fingerprint density at radius 3 is 2.50 bits per heavy atom. The highest BCUT2D eigenvalue weighted by Gasteiger charge is 2.28. The van der Waals surface area contributed by atoms with Gasteiger partial charge in [-0.2, -0.15) is 0 Å². The topological polar surface area (TPSA) is 41.6 Å². The third kappa shape index (κ3) is 5.79. The molecule has 1 saturated carbocycles. The fourth-order valence-electron chi connectivity index (χ4n) is 3.52. The number of amides is 1. The Morgan fingerprint density at radius 2 is 1.86 bits per heavy atom. The van der Waals surface area contributed by atoms with Crippen LogP contribution in [0.25, 0.3) is 0 Å². The SMILES string of the molecule is CC1CCC(NC[C@@H]2CCCN(C(=O)OC(C)(C)C)C2)CC1. The number of hydrogen-bond donors (Lipinski definition) is 1. The zero-order valence-corrected chi connectivity index (χ0v) is 14.9. The molecule has 2 aliphatic rings. The molecule has 1 saturated heterocycles. The number of ether oxygens (including phenoxy) is 1. The van der Waals surface area contributed by atoms with Crippen molar-refractivity contribution >= 4 is 6.09 Å². The fraction of sp³-hybridized carbons (Fsp3) is 0.944. The molecule has 1 N–H and O–H groups in total. The van der Waals surface area contributed by atoms with Gasteiger partial charge in [-0.1, -0.05) is 6.92 Å². The highest BCUT2D eigenvalue weighted by Crippen LogP contribution is 2.24. The first kappa shape index (κ1) is 17.6. The summed E-state index contributed by atoms with van der Waals surface area (Å²) in [7, 11) is 0. The molecule has 2 rings (SSSR count). The van der Waals surface area contributed by atoms with Gasteiger partial charge in [-0.05, 0) is 77.7 Å². The molecule has 0 aromatic rings. The van der Waals surface area contributed by atoms with Gasteiger partial charge in [0.15, 0.2) is 0 Å². The van der Waals surface area contributed by atoms with E-state index in [4.69, 9.17) is 4.74 Å². The molecule has 2 fully saturated rings. The van der Waals surface area contributed by atoms with Gasteiger partial charge in [-0.25, -0.2) is 4.79 Å². The van der Waals surface area contributed by atoms with Gasteiger partial charge < -0.3 is 15.0 Å². The average molecular weight is 310 g/mol. The van der Waals surface area contributed by atoms with Crippen LogP contribution < -0.4 is 5.32 Å². The number of nitrogens with zero attached hydrogens (tertiary/aromatic N) is 1. The fourth-order valence-corrected chi connectivity index (χ4v) is 3.52. The van der Waals surface area contributed by atoms with Crippen molar-refractivity contribution < 1.29 is 9.53 Å². The van der Waals surface area contributed by atoms with Crippen LogP contribution in [0.4, 0.5) is 4.79 Å². The Bertz CT molecular complexity index is 357. The number of carbonyl (C=O) groups is 1. The largest absolute Gasteiger partial charge is 0.444 e. The summed E-state index contributed by atoms with van der Waals surface area (Å²) in [6.45, 7) is 10.9. The Morgan fingerprint density at radius 1 is 1.18 bits per heavy atom. The summed E-state index contributed by atoms with van der Waals surface area (Å²) in [6.07, 6.45) is 7.48. The van der Waals surface area contributed by atoms with Gasteiger partial charge in [0.1, 0.15) is 5.60 Å². The predicted octanol–water partition coefficient (Wildman–Crippen LogP) is 3.80. The zero-order chi connectivity index (χ0) is 16.2. The molecule has 0 aromatic carbocycles. The first-order valence-corrected chi connectivity index (χ1v) is 9.05. The summed E-state index contributed by atoms with van der Waals surface area (Å²) in [6, 6.07) is 0.688. The van der Waals surface area contributed by atoms with E-state index in [0.717, 1.165) is 32.0 Å². The molecule has 1 aliphatic carbocycles. The van der Waals surface area contributed by atoms with Crippen molar-refractivity contribution in [3.63, 3.8) is 0 Å².